The van der Waals surface area contributed by atoms with Gasteiger partial charge in [-0.1, -0.05) is 30.3 Å². The molecule has 0 bridgehead atoms. The highest BCUT2D eigenvalue weighted by Gasteiger charge is 2.59. The zero-order valence-corrected chi connectivity index (χ0v) is 12.0. The molecule has 4 rings (SSSR count). The molecule has 2 aromatic rings. The fraction of sp³-hybridized carbons (Fsp3) is 0.438. The van der Waals surface area contributed by atoms with Crippen molar-refractivity contribution >= 4 is 0 Å². The molecule has 1 aromatic carbocycles. The third kappa shape index (κ3) is 2.12. The number of hydrogen-bond acceptors (Lipinski definition) is 3. The summed E-state index contributed by atoms with van der Waals surface area (Å²) in [6.07, 6.45) is -1.13. The quantitative estimate of drug-likeness (QED) is 0.870. The van der Waals surface area contributed by atoms with Crippen molar-refractivity contribution in [3.63, 3.8) is 0 Å². The largest absolute Gasteiger partial charge is 0.312 e. The van der Waals surface area contributed by atoms with Crippen molar-refractivity contribution in [2.75, 3.05) is 0 Å². The summed E-state index contributed by atoms with van der Waals surface area (Å²) in [6.45, 7) is 0. The minimum atomic E-state index is -3.29. The van der Waals surface area contributed by atoms with Crippen LogP contribution in [-0.2, 0) is 5.92 Å². The average molecular weight is 318 g/mol. The second-order valence-electron chi connectivity index (χ2n) is 6.07. The molecule has 0 spiro atoms. The van der Waals surface area contributed by atoms with Gasteiger partial charge >= 0.3 is 5.92 Å². The Morgan fingerprint density at radius 3 is 2.61 bits per heavy atom. The van der Waals surface area contributed by atoms with Crippen LogP contribution in [0, 0.1) is 23.2 Å². The van der Waals surface area contributed by atoms with E-state index in [1.54, 1.807) is 0 Å². The van der Waals surface area contributed by atoms with E-state index in [2.05, 4.69) is 10.1 Å². The van der Waals surface area contributed by atoms with Crippen molar-refractivity contribution < 1.29 is 13.2 Å². The van der Waals surface area contributed by atoms with Gasteiger partial charge in [-0.2, -0.15) is 14.0 Å². The first-order valence-corrected chi connectivity index (χ1v) is 7.45. The van der Waals surface area contributed by atoms with Gasteiger partial charge < -0.3 is 0 Å². The molecule has 118 valence electrons. The van der Waals surface area contributed by atoms with Crippen molar-refractivity contribution in [1.29, 1.82) is 5.26 Å². The zero-order chi connectivity index (χ0) is 16.2. The van der Waals surface area contributed by atoms with Crippen LogP contribution in [0.5, 0.6) is 0 Å². The van der Waals surface area contributed by atoms with E-state index in [-0.39, 0.29) is 18.7 Å². The lowest BCUT2D eigenvalue weighted by Crippen LogP contribution is -2.20. The molecule has 1 saturated carbocycles. The van der Waals surface area contributed by atoms with Crippen LogP contribution < -0.4 is 0 Å². The Hall–Kier alpha value is -2.36. The van der Waals surface area contributed by atoms with Crippen LogP contribution in [-0.4, -0.2) is 14.8 Å². The van der Waals surface area contributed by atoms with Gasteiger partial charge in [0.05, 0.1) is 18.0 Å². The Kier molecular flexibility index (Phi) is 2.98. The Labute approximate surface area is 130 Å². The van der Waals surface area contributed by atoms with Crippen LogP contribution >= 0.6 is 0 Å². The molecular weight excluding hydrogens is 305 g/mol. The maximum Gasteiger partial charge on any atom is 0.312 e. The molecule has 4 nitrogen and oxygen atoms in total. The smallest absolute Gasteiger partial charge is 0.239 e. The summed E-state index contributed by atoms with van der Waals surface area (Å²) < 4.78 is 44.2. The topological polar surface area (TPSA) is 54.5 Å². The highest BCUT2D eigenvalue weighted by Crippen LogP contribution is 2.53. The van der Waals surface area contributed by atoms with Crippen LogP contribution in [0.4, 0.5) is 13.2 Å². The summed E-state index contributed by atoms with van der Waals surface area (Å²) in [7, 11) is 0. The second kappa shape index (κ2) is 4.82. The molecule has 4 atom stereocenters. The van der Waals surface area contributed by atoms with Crippen LogP contribution in [0.3, 0.4) is 0 Å². The van der Waals surface area contributed by atoms with Crippen molar-refractivity contribution in [3.05, 3.63) is 47.5 Å². The minimum absolute atomic E-state index is 0.0531. The molecule has 1 aliphatic carbocycles. The van der Waals surface area contributed by atoms with Crippen molar-refractivity contribution in [2.45, 2.75) is 31.0 Å². The molecule has 0 saturated heterocycles. The summed E-state index contributed by atoms with van der Waals surface area (Å²) in [5, 5.41) is 12.7. The Morgan fingerprint density at radius 1 is 1.22 bits per heavy atom. The van der Waals surface area contributed by atoms with Gasteiger partial charge in [-0.05, 0) is 12.0 Å². The number of fused-ring (bicyclic) bond motifs is 1. The lowest BCUT2D eigenvalue weighted by Gasteiger charge is -2.14. The van der Waals surface area contributed by atoms with E-state index >= 15 is 0 Å². The molecule has 2 aliphatic rings. The number of halogens is 3. The van der Waals surface area contributed by atoms with Gasteiger partial charge in [-0.3, -0.25) is 0 Å². The average Bonchev–Trinajstić information content (AvgIpc) is 3.13. The SMILES string of the molecule is N#C[C@H]1C[C@@H]1C(F)(F)c1nc2n(n1)C(c1ccccc1)CC2F. The highest BCUT2D eigenvalue weighted by molar-refractivity contribution is 5.24. The summed E-state index contributed by atoms with van der Waals surface area (Å²) in [4.78, 5) is 3.77. The van der Waals surface area contributed by atoms with E-state index < -0.39 is 35.8 Å². The molecule has 1 fully saturated rings. The van der Waals surface area contributed by atoms with Gasteiger partial charge in [0.2, 0.25) is 5.82 Å². The minimum Gasteiger partial charge on any atom is -0.239 e. The second-order valence-corrected chi connectivity index (χ2v) is 6.07. The molecule has 2 unspecified atom stereocenters. The number of alkyl halides is 3. The normalized spacial score (nSPS) is 29.1. The van der Waals surface area contributed by atoms with Crippen LogP contribution in [0.15, 0.2) is 30.3 Å². The molecule has 1 aliphatic heterocycles. The number of nitriles is 1. The van der Waals surface area contributed by atoms with E-state index in [0.717, 1.165) is 5.56 Å². The maximum atomic E-state index is 14.4. The molecule has 2 heterocycles. The predicted octanol–water partition coefficient (Wildman–Crippen LogP) is 3.53. The first-order chi connectivity index (χ1) is 11.0. The van der Waals surface area contributed by atoms with Crippen molar-refractivity contribution in [3.8, 4) is 6.07 Å². The van der Waals surface area contributed by atoms with Gasteiger partial charge in [-0.25, -0.2) is 14.1 Å². The monoisotopic (exact) mass is 318 g/mol. The van der Waals surface area contributed by atoms with Gasteiger partial charge in [0, 0.05) is 12.3 Å². The third-order valence-corrected chi connectivity index (χ3v) is 4.57. The van der Waals surface area contributed by atoms with Crippen LogP contribution in [0.25, 0.3) is 0 Å². The Balaban J connectivity index is 1.70. The van der Waals surface area contributed by atoms with Gasteiger partial charge in [0.1, 0.15) is 0 Å². The zero-order valence-electron chi connectivity index (χ0n) is 12.0. The Morgan fingerprint density at radius 2 is 1.96 bits per heavy atom. The fourth-order valence-electron chi connectivity index (χ4n) is 3.18. The third-order valence-electron chi connectivity index (χ3n) is 4.57. The first-order valence-electron chi connectivity index (χ1n) is 7.45. The number of nitrogens with zero attached hydrogens (tertiary/aromatic N) is 4. The van der Waals surface area contributed by atoms with Crippen LogP contribution in [0.2, 0.25) is 0 Å². The van der Waals surface area contributed by atoms with Gasteiger partial charge in [-0.15, -0.1) is 5.10 Å². The van der Waals surface area contributed by atoms with Gasteiger partial charge in [0.25, 0.3) is 0 Å². The summed E-state index contributed by atoms with van der Waals surface area (Å²) in [5.41, 5.74) is 0.815. The fourth-order valence-corrected chi connectivity index (χ4v) is 3.18. The first kappa shape index (κ1) is 14.2. The predicted molar refractivity (Wildman–Crippen MR) is 74.2 cm³/mol. The standard InChI is InChI=1S/C16H13F3N4/c17-12-7-13(9-4-2-1-3-5-9)23-14(12)21-15(22-23)16(18,19)11-6-10(11)8-20/h1-5,10-13H,6-7H2/t10-,11+,12?,13?/m1/s1. The summed E-state index contributed by atoms with van der Waals surface area (Å²) >= 11 is 0. The molecule has 7 heteroatoms. The van der Waals surface area contributed by atoms with E-state index in [1.165, 1.54) is 4.68 Å². The number of aromatic nitrogens is 3. The van der Waals surface area contributed by atoms with Crippen LogP contribution in [0.1, 0.15) is 42.3 Å². The number of hydrogen-bond donors (Lipinski definition) is 0. The van der Waals surface area contributed by atoms with Crippen molar-refractivity contribution in [2.24, 2.45) is 11.8 Å². The molecule has 0 amide bonds. The number of benzene rings is 1. The molecule has 23 heavy (non-hydrogen) atoms. The molecular formula is C16H13F3N4. The molecule has 0 N–H and O–H groups in total. The molecule has 1 aromatic heterocycles. The van der Waals surface area contributed by atoms with E-state index in [1.807, 2.05) is 36.4 Å². The number of rotatable bonds is 3. The highest BCUT2D eigenvalue weighted by atomic mass is 19.3. The maximum absolute atomic E-state index is 14.4. The molecule has 0 radical (unpaired) electrons. The summed E-state index contributed by atoms with van der Waals surface area (Å²) in [6, 6.07) is 10.5. The lowest BCUT2D eigenvalue weighted by atomic mass is 10.0. The van der Waals surface area contributed by atoms with E-state index in [0.29, 0.717) is 0 Å². The summed E-state index contributed by atoms with van der Waals surface area (Å²) in [5.74, 6) is -5.75. The van der Waals surface area contributed by atoms with Gasteiger partial charge in [0.15, 0.2) is 12.0 Å². The Bertz CT molecular complexity index is 780. The lowest BCUT2D eigenvalue weighted by molar-refractivity contribution is -0.0408. The van der Waals surface area contributed by atoms with E-state index in [9.17, 15) is 13.2 Å². The van der Waals surface area contributed by atoms with Crippen molar-refractivity contribution in [1.82, 2.24) is 14.8 Å². The van der Waals surface area contributed by atoms with E-state index in [4.69, 9.17) is 5.26 Å².